The zero-order chi connectivity index (χ0) is 26.9. The van der Waals surface area contributed by atoms with Crippen LogP contribution in [-0.2, 0) is 47.3 Å². The van der Waals surface area contributed by atoms with Crippen molar-refractivity contribution in [2.24, 2.45) is 7.05 Å². The first kappa shape index (κ1) is 26.0. The molecular formula is C24H28N4O9S. The smallest absolute Gasteiger partial charge is 0.417 e. The van der Waals surface area contributed by atoms with Crippen LogP contribution < -0.4 is 9.04 Å². The van der Waals surface area contributed by atoms with Gasteiger partial charge in [0, 0.05) is 19.9 Å². The molecule has 0 radical (unpaired) electrons. The molecule has 0 N–H and O–H groups in total. The fourth-order valence-electron chi connectivity index (χ4n) is 4.55. The second-order valence-corrected chi connectivity index (χ2v) is 11.2. The number of aryl methyl sites for hydroxylation is 1. The van der Waals surface area contributed by atoms with Gasteiger partial charge in [-0.05, 0) is 37.0 Å². The molecule has 0 saturated carbocycles. The number of amides is 2. The molecule has 13 nitrogen and oxygen atoms in total. The van der Waals surface area contributed by atoms with Gasteiger partial charge in [-0.3, -0.25) is 18.6 Å². The van der Waals surface area contributed by atoms with E-state index in [9.17, 15) is 22.8 Å². The molecule has 1 unspecified atom stereocenters. The fraction of sp³-hybridized carbons (Fsp3) is 0.500. The summed E-state index contributed by atoms with van der Waals surface area (Å²) < 4.78 is 51.5. The highest BCUT2D eigenvalue weighted by Crippen LogP contribution is 2.38. The minimum Gasteiger partial charge on any atom is -0.484 e. The number of carbonyl (C=O) groups is 3. The number of nitrogens with zero attached hydrogens (tertiary/aromatic N) is 4. The van der Waals surface area contributed by atoms with Crippen LogP contribution in [-0.4, -0.2) is 86.2 Å². The Bertz CT molecular complexity index is 1320. The molecule has 0 spiro atoms. The molecule has 2 atom stereocenters. The number of rotatable bonds is 8. The summed E-state index contributed by atoms with van der Waals surface area (Å²) in [4.78, 5) is 37.3. The first-order valence-corrected chi connectivity index (χ1v) is 13.7. The number of aromatic nitrogens is 2. The van der Waals surface area contributed by atoms with Gasteiger partial charge in [0.25, 0.3) is 15.9 Å². The molecule has 0 aliphatic carbocycles. The number of hydrogen-bond donors (Lipinski definition) is 0. The van der Waals surface area contributed by atoms with E-state index in [-0.39, 0.29) is 55.2 Å². The molecule has 14 heteroatoms. The van der Waals surface area contributed by atoms with E-state index in [4.69, 9.17) is 18.9 Å². The number of ether oxygens (including phenoxy) is 4. The molecule has 2 fully saturated rings. The summed E-state index contributed by atoms with van der Waals surface area (Å²) in [5.74, 6) is -0.763. The number of cyclic esters (lactones) is 1. The Balaban J connectivity index is 1.37. The third-order valence-electron chi connectivity index (χ3n) is 6.50. The monoisotopic (exact) mass is 548 g/mol. The van der Waals surface area contributed by atoms with Crippen LogP contribution in [0.25, 0.3) is 0 Å². The second kappa shape index (κ2) is 10.6. The summed E-state index contributed by atoms with van der Waals surface area (Å²) in [6, 6.07) is 4.76. The Morgan fingerprint density at radius 1 is 1.21 bits per heavy atom. The van der Waals surface area contributed by atoms with Crippen molar-refractivity contribution in [1.29, 1.82) is 0 Å². The quantitative estimate of drug-likeness (QED) is 0.438. The highest BCUT2D eigenvalue weighted by molar-refractivity contribution is 7.92. The second-order valence-electron chi connectivity index (χ2n) is 9.34. The van der Waals surface area contributed by atoms with Crippen molar-refractivity contribution in [1.82, 2.24) is 14.7 Å². The van der Waals surface area contributed by atoms with Crippen LogP contribution in [0.4, 0.5) is 10.5 Å². The topological polar surface area (TPSA) is 147 Å². The van der Waals surface area contributed by atoms with Gasteiger partial charge in [-0.15, -0.1) is 0 Å². The number of anilines is 1. The lowest BCUT2D eigenvalue weighted by Crippen LogP contribution is -2.49. The first-order chi connectivity index (χ1) is 18.2. The molecule has 2 amide bonds. The lowest BCUT2D eigenvalue weighted by molar-refractivity contribution is -0.148. The maximum absolute atomic E-state index is 13.6. The maximum atomic E-state index is 13.6. The summed E-state index contributed by atoms with van der Waals surface area (Å²) in [5.41, 5.74) is 0.756. The average molecular weight is 549 g/mol. The minimum atomic E-state index is -4.10. The summed E-state index contributed by atoms with van der Waals surface area (Å²) in [7, 11) is -2.50. The Kier molecular flexibility index (Phi) is 7.25. The van der Waals surface area contributed by atoms with E-state index in [0.717, 1.165) is 28.5 Å². The maximum Gasteiger partial charge on any atom is 0.417 e. The van der Waals surface area contributed by atoms with E-state index < -0.39 is 34.1 Å². The molecule has 1 aromatic heterocycles. The highest BCUT2D eigenvalue weighted by atomic mass is 32.2. The minimum absolute atomic E-state index is 0.0412. The van der Waals surface area contributed by atoms with E-state index in [1.807, 2.05) is 0 Å². The third-order valence-corrected chi connectivity index (χ3v) is 8.24. The van der Waals surface area contributed by atoms with E-state index in [1.165, 1.54) is 17.1 Å². The van der Waals surface area contributed by atoms with Crippen LogP contribution in [0.1, 0.15) is 24.8 Å². The van der Waals surface area contributed by atoms with Gasteiger partial charge in [0.15, 0.2) is 6.61 Å². The van der Waals surface area contributed by atoms with Crippen molar-refractivity contribution in [2.75, 3.05) is 37.2 Å². The molecule has 1 aromatic carbocycles. The van der Waals surface area contributed by atoms with Gasteiger partial charge in [0.05, 0.1) is 37.5 Å². The Labute approximate surface area is 219 Å². The van der Waals surface area contributed by atoms with Gasteiger partial charge in [-0.25, -0.2) is 18.1 Å². The molecule has 0 bridgehead atoms. The molecule has 204 valence electrons. The molecule has 5 rings (SSSR count). The van der Waals surface area contributed by atoms with Crippen molar-refractivity contribution in [3.8, 4) is 5.75 Å². The number of esters is 1. The van der Waals surface area contributed by atoms with Crippen LogP contribution in [0.15, 0.2) is 35.5 Å². The number of benzene rings is 1. The number of carbonyl (C=O) groups excluding carboxylic acids is 3. The standard InChI is InChI=1S/C24H28N4O9S/c1-26-13-19(10-25-26)38(32,33)28-12-18(11-27-22(29)15-36-24(27)31)37-21-6-5-16(8-20(21)28)9-23(30)35-14-17-4-2-3-7-34-17/h5-6,8,10,13,17-18H,2-4,7,9,11-12,14-15H2,1H3/t17?,18-/m0/s1. The predicted octanol–water partition coefficient (Wildman–Crippen LogP) is 1.01. The number of hydrogen-bond acceptors (Lipinski definition) is 10. The SMILES string of the molecule is Cn1cc(S(=O)(=O)N2C[C@H](CN3C(=O)COC3=O)Oc3ccc(CC(=O)OCC4CCCCO4)cc32)cn1. The van der Waals surface area contributed by atoms with Gasteiger partial charge in [-0.1, -0.05) is 6.07 Å². The fourth-order valence-corrected chi connectivity index (χ4v) is 6.04. The van der Waals surface area contributed by atoms with Crippen molar-refractivity contribution in [3.05, 3.63) is 36.2 Å². The van der Waals surface area contributed by atoms with Gasteiger partial charge < -0.3 is 18.9 Å². The normalized spacial score (nSPS) is 21.6. The van der Waals surface area contributed by atoms with Gasteiger partial charge in [-0.2, -0.15) is 5.10 Å². The molecule has 2 aromatic rings. The zero-order valence-electron chi connectivity index (χ0n) is 20.8. The van der Waals surface area contributed by atoms with E-state index >= 15 is 0 Å². The first-order valence-electron chi connectivity index (χ1n) is 12.3. The van der Waals surface area contributed by atoms with Crippen molar-refractivity contribution in [3.63, 3.8) is 0 Å². The summed E-state index contributed by atoms with van der Waals surface area (Å²) >= 11 is 0. The Hall–Kier alpha value is -3.65. The van der Waals surface area contributed by atoms with Crippen LogP contribution in [0.3, 0.4) is 0 Å². The lowest BCUT2D eigenvalue weighted by Gasteiger charge is -2.36. The van der Waals surface area contributed by atoms with E-state index in [1.54, 1.807) is 25.2 Å². The van der Waals surface area contributed by atoms with Gasteiger partial charge in [0.2, 0.25) is 0 Å². The van der Waals surface area contributed by atoms with Crippen LogP contribution in [0, 0.1) is 0 Å². The largest absolute Gasteiger partial charge is 0.484 e. The lowest BCUT2D eigenvalue weighted by atomic mass is 10.1. The van der Waals surface area contributed by atoms with Gasteiger partial charge in [0.1, 0.15) is 23.4 Å². The number of sulfonamides is 1. The molecule has 38 heavy (non-hydrogen) atoms. The molecule has 4 heterocycles. The Morgan fingerprint density at radius 2 is 2.05 bits per heavy atom. The summed E-state index contributed by atoms with van der Waals surface area (Å²) in [6.45, 7) is 0.0873. The highest BCUT2D eigenvalue weighted by Gasteiger charge is 2.40. The number of imide groups is 1. The molecule has 2 saturated heterocycles. The molecule has 3 aliphatic heterocycles. The predicted molar refractivity (Wildman–Crippen MR) is 130 cm³/mol. The Morgan fingerprint density at radius 3 is 2.74 bits per heavy atom. The summed E-state index contributed by atoms with van der Waals surface area (Å²) in [5, 5.41) is 3.97. The number of fused-ring (bicyclic) bond motifs is 1. The third kappa shape index (κ3) is 5.45. The summed E-state index contributed by atoms with van der Waals surface area (Å²) in [6.07, 6.45) is 3.63. The van der Waals surface area contributed by atoms with Crippen molar-refractivity contribution >= 4 is 33.7 Å². The van der Waals surface area contributed by atoms with Crippen LogP contribution in [0.2, 0.25) is 0 Å². The van der Waals surface area contributed by atoms with Gasteiger partial charge >= 0.3 is 12.1 Å². The van der Waals surface area contributed by atoms with E-state index in [0.29, 0.717) is 12.2 Å². The average Bonchev–Trinajstić information content (AvgIpc) is 3.49. The van der Waals surface area contributed by atoms with E-state index in [2.05, 4.69) is 5.10 Å². The van der Waals surface area contributed by atoms with Crippen molar-refractivity contribution in [2.45, 2.75) is 42.8 Å². The molecule has 3 aliphatic rings. The van der Waals surface area contributed by atoms with Crippen LogP contribution in [0.5, 0.6) is 5.75 Å². The van der Waals surface area contributed by atoms with Crippen molar-refractivity contribution < 1.29 is 41.7 Å². The molecular weight excluding hydrogens is 520 g/mol. The van der Waals surface area contributed by atoms with Crippen LogP contribution >= 0.6 is 0 Å². The zero-order valence-corrected chi connectivity index (χ0v) is 21.6.